The number of H-pyrrole nitrogens is 1. The predicted octanol–water partition coefficient (Wildman–Crippen LogP) is 3.42. The third-order valence-corrected chi connectivity index (χ3v) is 6.73. The van der Waals surface area contributed by atoms with Crippen molar-refractivity contribution in [1.82, 2.24) is 14.9 Å². The highest BCUT2D eigenvalue weighted by molar-refractivity contribution is 6.36. The van der Waals surface area contributed by atoms with Gasteiger partial charge in [-0.1, -0.05) is 17.7 Å². The number of nitrogens with one attached hydrogen (secondary N) is 1. The van der Waals surface area contributed by atoms with Crippen LogP contribution in [0.25, 0.3) is 11.0 Å². The predicted molar refractivity (Wildman–Crippen MR) is 112 cm³/mol. The summed E-state index contributed by atoms with van der Waals surface area (Å²) in [6.45, 7) is 4.57. The van der Waals surface area contributed by atoms with Gasteiger partial charge in [0.15, 0.2) is 5.96 Å². The van der Waals surface area contributed by atoms with Gasteiger partial charge in [0.2, 0.25) is 5.91 Å². The van der Waals surface area contributed by atoms with E-state index >= 15 is 0 Å². The van der Waals surface area contributed by atoms with Crippen molar-refractivity contribution in [2.24, 2.45) is 10.7 Å². The maximum absolute atomic E-state index is 13.1. The molecule has 2 aromatic rings. The SMILES string of the molecule is C[C@@H]1C[C@H](N2C(=O)C[C@@](C)(c3ccc4[nH]c(C5CC5)nc4c3Cl)N=C2N)CCO1. The van der Waals surface area contributed by atoms with Crippen LogP contribution in [0, 0.1) is 0 Å². The van der Waals surface area contributed by atoms with E-state index in [-0.39, 0.29) is 30.4 Å². The Kier molecular flexibility index (Phi) is 4.37. The van der Waals surface area contributed by atoms with Crippen LogP contribution in [-0.4, -0.2) is 45.5 Å². The lowest BCUT2D eigenvalue weighted by Crippen LogP contribution is -2.56. The molecule has 0 bridgehead atoms. The molecule has 0 spiro atoms. The number of imidazole rings is 1. The van der Waals surface area contributed by atoms with E-state index in [4.69, 9.17) is 32.0 Å². The first-order valence-corrected chi connectivity index (χ1v) is 10.7. The summed E-state index contributed by atoms with van der Waals surface area (Å²) >= 11 is 6.77. The van der Waals surface area contributed by atoms with Gasteiger partial charge in [0.1, 0.15) is 11.3 Å². The van der Waals surface area contributed by atoms with E-state index in [2.05, 4.69) is 4.98 Å². The number of aromatic amines is 1. The smallest absolute Gasteiger partial charge is 0.232 e. The van der Waals surface area contributed by atoms with E-state index in [1.54, 1.807) is 4.90 Å². The van der Waals surface area contributed by atoms with Crippen molar-refractivity contribution in [3.05, 3.63) is 28.5 Å². The average molecular weight is 416 g/mol. The maximum atomic E-state index is 13.1. The molecule has 1 aromatic carbocycles. The van der Waals surface area contributed by atoms with E-state index < -0.39 is 5.54 Å². The van der Waals surface area contributed by atoms with Gasteiger partial charge in [0.05, 0.1) is 28.6 Å². The van der Waals surface area contributed by atoms with Gasteiger partial charge in [-0.05, 0) is 45.6 Å². The molecule has 1 saturated heterocycles. The Labute approximate surface area is 174 Å². The first-order valence-electron chi connectivity index (χ1n) is 10.3. The summed E-state index contributed by atoms with van der Waals surface area (Å²) in [6.07, 6.45) is 4.20. The highest BCUT2D eigenvalue weighted by atomic mass is 35.5. The zero-order valence-corrected chi connectivity index (χ0v) is 17.5. The Balaban J connectivity index is 1.50. The van der Waals surface area contributed by atoms with Gasteiger partial charge in [0, 0.05) is 24.1 Å². The quantitative estimate of drug-likeness (QED) is 0.802. The zero-order chi connectivity index (χ0) is 20.3. The van der Waals surface area contributed by atoms with Gasteiger partial charge in [-0.25, -0.2) is 9.98 Å². The van der Waals surface area contributed by atoms with Crippen LogP contribution in [0.2, 0.25) is 5.02 Å². The third-order valence-electron chi connectivity index (χ3n) is 6.35. The molecule has 1 saturated carbocycles. The molecular weight excluding hydrogens is 390 g/mol. The second-order valence-electron chi connectivity index (χ2n) is 8.76. The van der Waals surface area contributed by atoms with Gasteiger partial charge >= 0.3 is 0 Å². The van der Waals surface area contributed by atoms with E-state index in [9.17, 15) is 4.79 Å². The number of guanidine groups is 1. The molecule has 5 rings (SSSR count). The fraction of sp³-hybridized carbons (Fsp3) is 0.571. The lowest BCUT2D eigenvalue weighted by Gasteiger charge is -2.41. The normalized spacial score (nSPS) is 30.7. The van der Waals surface area contributed by atoms with Gasteiger partial charge < -0.3 is 15.5 Å². The van der Waals surface area contributed by atoms with Gasteiger partial charge in [0.25, 0.3) is 0 Å². The summed E-state index contributed by atoms with van der Waals surface area (Å²) in [5.41, 5.74) is 7.97. The Hall–Kier alpha value is -2.12. The first kappa shape index (κ1) is 18.9. The molecule has 2 fully saturated rings. The van der Waals surface area contributed by atoms with Crippen LogP contribution >= 0.6 is 11.6 Å². The standard InChI is InChI=1S/C21H26ClN5O2/c1-11-9-13(7-8-29-11)27-16(28)10-21(2,26-20(27)23)14-5-6-15-18(17(14)22)25-19(24-15)12-3-4-12/h5-6,11-13H,3-4,7-10H2,1-2H3,(H2,23,26)(H,24,25)/t11-,13-,21+/m1/s1. The number of hydrogen-bond donors (Lipinski definition) is 2. The summed E-state index contributed by atoms with van der Waals surface area (Å²) in [7, 11) is 0. The molecule has 154 valence electrons. The molecular formula is C21H26ClN5O2. The number of nitrogens with zero attached hydrogens (tertiary/aromatic N) is 3. The Morgan fingerprint density at radius 3 is 2.83 bits per heavy atom. The molecule has 3 N–H and O–H groups in total. The summed E-state index contributed by atoms with van der Waals surface area (Å²) in [4.78, 5) is 27.7. The molecule has 2 aliphatic heterocycles. The fourth-order valence-corrected chi connectivity index (χ4v) is 5.05. The number of rotatable bonds is 3. The van der Waals surface area contributed by atoms with Crippen LogP contribution in [0.3, 0.4) is 0 Å². The second-order valence-corrected chi connectivity index (χ2v) is 9.14. The summed E-state index contributed by atoms with van der Waals surface area (Å²) < 4.78 is 5.61. The highest BCUT2D eigenvalue weighted by Gasteiger charge is 2.42. The molecule has 3 atom stereocenters. The summed E-state index contributed by atoms with van der Waals surface area (Å²) in [5, 5.41) is 0.547. The number of aromatic nitrogens is 2. The van der Waals surface area contributed by atoms with Crippen LogP contribution < -0.4 is 5.73 Å². The molecule has 8 heteroatoms. The number of halogens is 1. The zero-order valence-electron chi connectivity index (χ0n) is 16.7. The number of nitrogens with two attached hydrogens (primary N) is 1. The largest absolute Gasteiger partial charge is 0.378 e. The molecule has 1 amide bonds. The van der Waals surface area contributed by atoms with Crippen LogP contribution in [0.4, 0.5) is 0 Å². The molecule has 7 nitrogen and oxygen atoms in total. The number of ether oxygens (including phenoxy) is 1. The van der Waals surface area contributed by atoms with Gasteiger partial charge in [-0.15, -0.1) is 0 Å². The molecule has 3 heterocycles. The monoisotopic (exact) mass is 415 g/mol. The van der Waals surface area contributed by atoms with E-state index in [0.29, 0.717) is 17.5 Å². The van der Waals surface area contributed by atoms with Crippen LogP contribution in [0.5, 0.6) is 0 Å². The molecule has 3 aliphatic rings. The highest BCUT2D eigenvalue weighted by Crippen LogP contribution is 2.43. The van der Waals surface area contributed by atoms with Crippen molar-refractivity contribution in [1.29, 1.82) is 0 Å². The van der Waals surface area contributed by atoms with Crippen molar-refractivity contribution in [2.45, 2.75) is 69.6 Å². The van der Waals surface area contributed by atoms with Gasteiger partial charge in [-0.3, -0.25) is 9.69 Å². The summed E-state index contributed by atoms with van der Waals surface area (Å²) in [5.74, 6) is 1.75. The van der Waals surface area contributed by atoms with Crippen molar-refractivity contribution < 1.29 is 9.53 Å². The lowest BCUT2D eigenvalue weighted by atomic mass is 9.86. The van der Waals surface area contributed by atoms with E-state index in [1.807, 2.05) is 26.0 Å². The Bertz CT molecular complexity index is 1010. The minimum Gasteiger partial charge on any atom is -0.378 e. The maximum Gasteiger partial charge on any atom is 0.232 e. The number of carbonyl (C=O) groups excluding carboxylic acids is 1. The molecule has 0 radical (unpaired) electrons. The molecule has 29 heavy (non-hydrogen) atoms. The van der Waals surface area contributed by atoms with Crippen LogP contribution in [-0.2, 0) is 15.1 Å². The van der Waals surface area contributed by atoms with Crippen molar-refractivity contribution >= 4 is 34.5 Å². The number of amides is 1. The topological polar surface area (TPSA) is 96.6 Å². The summed E-state index contributed by atoms with van der Waals surface area (Å²) in [6, 6.07) is 3.95. The fourth-order valence-electron chi connectivity index (χ4n) is 4.64. The Morgan fingerprint density at radius 1 is 1.34 bits per heavy atom. The molecule has 1 aliphatic carbocycles. The van der Waals surface area contributed by atoms with Crippen LogP contribution in [0.15, 0.2) is 17.1 Å². The number of benzene rings is 1. The van der Waals surface area contributed by atoms with Crippen molar-refractivity contribution in [2.75, 3.05) is 6.61 Å². The van der Waals surface area contributed by atoms with Crippen LogP contribution in [0.1, 0.15) is 63.3 Å². The van der Waals surface area contributed by atoms with Gasteiger partial charge in [-0.2, -0.15) is 0 Å². The third kappa shape index (κ3) is 3.20. The number of fused-ring (bicyclic) bond motifs is 1. The average Bonchev–Trinajstić information content (AvgIpc) is 3.40. The number of hydrogen-bond acceptors (Lipinski definition) is 5. The first-order chi connectivity index (χ1) is 13.9. The number of aliphatic imine (C=N–C) groups is 1. The minimum absolute atomic E-state index is 0.0176. The van der Waals surface area contributed by atoms with E-state index in [1.165, 1.54) is 0 Å². The molecule has 1 aromatic heterocycles. The van der Waals surface area contributed by atoms with Crippen molar-refractivity contribution in [3.63, 3.8) is 0 Å². The Morgan fingerprint density at radius 2 is 2.14 bits per heavy atom. The van der Waals surface area contributed by atoms with E-state index in [0.717, 1.165) is 48.1 Å². The van der Waals surface area contributed by atoms with Crippen molar-refractivity contribution in [3.8, 4) is 0 Å². The minimum atomic E-state index is -0.807. The lowest BCUT2D eigenvalue weighted by molar-refractivity contribution is -0.133. The molecule has 0 unspecified atom stereocenters. The second kappa shape index (κ2) is 6.71. The number of carbonyl (C=O) groups is 1.